The molecule has 0 unspecified atom stereocenters. The van der Waals surface area contributed by atoms with Crippen LogP contribution in [0.1, 0.15) is 15.9 Å². The quantitative estimate of drug-likeness (QED) is 0.249. The Balaban J connectivity index is 1.45. The number of para-hydroxylation sites is 1. The highest BCUT2D eigenvalue weighted by Gasteiger charge is 2.12. The Morgan fingerprint density at radius 1 is 0.906 bits per heavy atom. The number of thioether (sulfide) groups is 1. The van der Waals surface area contributed by atoms with Gasteiger partial charge in [-0.15, -0.1) is 11.8 Å². The molecule has 8 heteroatoms. The van der Waals surface area contributed by atoms with Gasteiger partial charge < -0.3 is 9.88 Å². The summed E-state index contributed by atoms with van der Waals surface area (Å²) in [5.41, 5.74) is 2.63. The Labute approximate surface area is 210 Å². The lowest BCUT2D eigenvalue weighted by atomic mass is 10.2. The number of hydrogen-bond acceptors (Lipinski definition) is 2. The molecular formula is C24H18Cl4N2OS. The first-order chi connectivity index (χ1) is 15.4. The molecule has 1 N–H and O–H groups in total. The van der Waals surface area contributed by atoms with Crippen LogP contribution in [0.15, 0.2) is 71.8 Å². The first kappa shape index (κ1) is 23.3. The molecular weight excluding hydrogens is 506 g/mol. The van der Waals surface area contributed by atoms with E-state index >= 15 is 0 Å². The van der Waals surface area contributed by atoms with E-state index in [1.807, 2.05) is 30.3 Å². The average Bonchev–Trinajstić information content (AvgIpc) is 3.12. The molecule has 0 aliphatic heterocycles. The van der Waals surface area contributed by atoms with E-state index in [9.17, 15) is 4.79 Å². The van der Waals surface area contributed by atoms with Crippen molar-refractivity contribution in [3.8, 4) is 0 Å². The molecule has 4 rings (SSSR count). The number of rotatable bonds is 7. The smallest absolute Gasteiger partial charge is 0.252 e. The van der Waals surface area contributed by atoms with Crippen LogP contribution in [-0.2, 0) is 12.3 Å². The van der Waals surface area contributed by atoms with E-state index in [0.29, 0.717) is 38.7 Å². The molecule has 1 amide bonds. The van der Waals surface area contributed by atoms with Crippen LogP contribution in [0.5, 0.6) is 0 Å². The van der Waals surface area contributed by atoms with Gasteiger partial charge in [0.15, 0.2) is 0 Å². The molecule has 0 radical (unpaired) electrons. The van der Waals surface area contributed by atoms with Crippen molar-refractivity contribution in [1.29, 1.82) is 0 Å². The van der Waals surface area contributed by atoms with Crippen LogP contribution in [0.25, 0.3) is 10.9 Å². The number of nitrogens with zero attached hydrogens (tertiary/aromatic N) is 1. The fourth-order valence-corrected chi connectivity index (χ4v) is 5.21. The molecule has 1 aromatic heterocycles. The van der Waals surface area contributed by atoms with Gasteiger partial charge in [-0.3, -0.25) is 4.79 Å². The van der Waals surface area contributed by atoms with Gasteiger partial charge in [0.05, 0.1) is 20.6 Å². The van der Waals surface area contributed by atoms with Crippen LogP contribution >= 0.6 is 58.2 Å². The highest BCUT2D eigenvalue weighted by molar-refractivity contribution is 7.98. The first-order valence-corrected chi connectivity index (χ1v) is 12.3. The standard InChI is InChI=1S/C24H18Cl4N2OS/c25-16-6-7-17(20(27)12-16)24(31)29-9-10-30-13-23(18-3-1-2-4-22(18)30)32-14-15-5-8-19(26)21(28)11-15/h1-8,11-13H,9-10,14H2,(H,29,31). The highest BCUT2D eigenvalue weighted by atomic mass is 35.5. The van der Waals surface area contributed by atoms with Crippen molar-refractivity contribution in [3.63, 3.8) is 0 Å². The van der Waals surface area contributed by atoms with Gasteiger partial charge in [0.25, 0.3) is 5.91 Å². The summed E-state index contributed by atoms with van der Waals surface area (Å²) in [4.78, 5) is 13.6. The van der Waals surface area contributed by atoms with Crippen molar-refractivity contribution in [2.24, 2.45) is 0 Å². The van der Waals surface area contributed by atoms with E-state index in [1.54, 1.807) is 30.0 Å². The van der Waals surface area contributed by atoms with Crippen LogP contribution in [0, 0.1) is 0 Å². The van der Waals surface area contributed by atoms with Crippen molar-refractivity contribution in [1.82, 2.24) is 9.88 Å². The van der Waals surface area contributed by atoms with Crippen molar-refractivity contribution in [2.75, 3.05) is 6.54 Å². The summed E-state index contributed by atoms with van der Waals surface area (Å²) in [6.07, 6.45) is 2.12. The Morgan fingerprint density at radius 3 is 2.50 bits per heavy atom. The van der Waals surface area contributed by atoms with Crippen LogP contribution in [-0.4, -0.2) is 17.0 Å². The maximum atomic E-state index is 12.5. The Kier molecular flexibility index (Phi) is 7.59. The number of halogens is 4. The Hall–Kier alpha value is -1.82. The van der Waals surface area contributed by atoms with Crippen molar-refractivity contribution in [2.45, 2.75) is 17.2 Å². The third-order valence-corrected chi connectivity index (χ3v) is 7.35. The van der Waals surface area contributed by atoms with Crippen molar-refractivity contribution < 1.29 is 4.79 Å². The fourth-order valence-electron chi connectivity index (χ4n) is 3.36. The Morgan fingerprint density at radius 2 is 1.72 bits per heavy atom. The van der Waals surface area contributed by atoms with E-state index < -0.39 is 0 Å². The van der Waals surface area contributed by atoms with E-state index in [2.05, 4.69) is 28.2 Å². The van der Waals surface area contributed by atoms with E-state index in [4.69, 9.17) is 46.4 Å². The lowest BCUT2D eigenvalue weighted by molar-refractivity contribution is 0.0952. The second-order valence-corrected chi connectivity index (χ2v) is 9.80. The molecule has 32 heavy (non-hydrogen) atoms. The molecule has 3 aromatic carbocycles. The number of carbonyl (C=O) groups is 1. The number of carbonyl (C=O) groups excluding carboxylic acids is 1. The van der Waals surface area contributed by atoms with Crippen LogP contribution in [0.2, 0.25) is 20.1 Å². The monoisotopic (exact) mass is 522 g/mol. The number of aromatic nitrogens is 1. The molecule has 3 nitrogen and oxygen atoms in total. The number of nitrogens with one attached hydrogen (secondary N) is 1. The molecule has 0 spiro atoms. The zero-order valence-corrected chi connectivity index (χ0v) is 20.6. The highest BCUT2D eigenvalue weighted by Crippen LogP contribution is 2.33. The molecule has 4 aromatic rings. The second-order valence-electron chi connectivity index (χ2n) is 7.12. The second kappa shape index (κ2) is 10.4. The lowest BCUT2D eigenvalue weighted by Crippen LogP contribution is -2.27. The minimum Gasteiger partial charge on any atom is -0.350 e. The normalized spacial score (nSPS) is 11.1. The van der Waals surface area contributed by atoms with E-state index in [1.165, 1.54) is 10.3 Å². The largest absolute Gasteiger partial charge is 0.350 e. The van der Waals surface area contributed by atoms with Gasteiger partial charge >= 0.3 is 0 Å². The molecule has 0 saturated carbocycles. The molecule has 0 aliphatic rings. The van der Waals surface area contributed by atoms with Gasteiger partial charge in [-0.2, -0.15) is 0 Å². The van der Waals surface area contributed by atoms with Crippen LogP contribution in [0.3, 0.4) is 0 Å². The third-order valence-electron chi connectivity index (χ3n) is 4.94. The summed E-state index contributed by atoms with van der Waals surface area (Å²) in [7, 11) is 0. The zero-order valence-electron chi connectivity index (χ0n) is 16.7. The summed E-state index contributed by atoms with van der Waals surface area (Å²) < 4.78 is 2.15. The van der Waals surface area contributed by atoms with Crippen LogP contribution in [0.4, 0.5) is 0 Å². The number of fused-ring (bicyclic) bond motifs is 1. The van der Waals surface area contributed by atoms with Gasteiger partial charge in [-0.05, 0) is 42.0 Å². The minimum atomic E-state index is -0.225. The van der Waals surface area contributed by atoms with Gasteiger partial charge in [0.1, 0.15) is 0 Å². The summed E-state index contributed by atoms with van der Waals surface area (Å²) in [6, 6.07) is 18.8. The van der Waals surface area contributed by atoms with Gasteiger partial charge in [0.2, 0.25) is 0 Å². The van der Waals surface area contributed by atoms with E-state index in [0.717, 1.165) is 16.8 Å². The van der Waals surface area contributed by atoms with Gasteiger partial charge in [0, 0.05) is 45.9 Å². The molecule has 164 valence electrons. The summed E-state index contributed by atoms with van der Waals surface area (Å²) in [5.74, 6) is 0.550. The molecule has 0 atom stereocenters. The van der Waals surface area contributed by atoms with Crippen LogP contribution < -0.4 is 5.32 Å². The first-order valence-electron chi connectivity index (χ1n) is 9.80. The van der Waals surface area contributed by atoms with Gasteiger partial charge in [-0.1, -0.05) is 70.7 Å². The van der Waals surface area contributed by atoms with Crippen molar-refractivity contribution >= 4 is 75.0 Å². The topological polar surface area (TPSA) is 34.0 Å². The number of hydrogen-bond donors (Lipinski definition) is 1. The minimum absolute atomic E-state index is 0.225. The zero-order chi connectivity index (χ0) is 22.7. The number of benzene rings is 3. The molecule has 1 heterocycles. The molecule has 0 saturated heterocycles. The maximum absolute atomic E-state index is 12.5. The SMILES string of the molecule is O=C(NCCn1cc(SCc2ccc(Cl)c(Cl)c2)c2ccccc21)c1ccc(Cl)cc1Cl. The van der Waals surface area contributed by atoms with Gasteiger partial charge in [-0.25, -0.2) is 0 Å². The summed E-state index contributed by atoms with van der Waals surface area (Å²) >= 11 is 25.9. The summed E-state index contributed by atoms with van der Waals surface area (Å²) in [6.45, 7) is 1.10. The Bertz CT molecular complexity index is 1290. The molecule has 0 fully saturated rings. The molecule has 0 bridgehead atoms. The molecule has 0 aliphatic carbocycles. The predicted molar refractivity (Wildman–Crippen MR) is 137 cm³/mol. The maximum Gasteiger partial charge on any atom is 0.252 e. The third kappa shape index (κ3) is 5.38. The lowest BCUT2D eigenvalue weighted by Gasteiger charge is -2.09. The summed E-state index contributed by atoms with van der Waals surface area (Å²) in [5, 5.41) is 6.05. The predicted octanol–water partition coefficient (Wildman–Crippen LogP) is 7.98. The number of amides is 1. The van der Waals surface area contributed by atoms with Crippen molar-refractivity contribution in [3.05, 3.63) is 98.1 Å². The average molecular weight is 524 g/mol. The van der Waals surface area contributed by atoms with E-state index in [-0.39, 0.29) is 5.91 Å². The fraction of sp³-hybridized carbons (Fsp3) is 0.125.